The monoisotopic (exact) mass is 348 g/mol. The Hall–Kier alpha value is -3.93. The lowest BCUT2D eigenvalue weighted by atomic mass is 10.1. The maximum Gasteiger partial charge on any atom is 0.254 e. The Bertz CT molecular complexity index is 988. The molecule has 0 aliphatic carbocycles. The summed E-state index contributed by atoms with van der Waals surface area (Å²) < 4.78 is 1.64. The van der Waals surface area contributed by atoms with E-state index in [1.165, 1.54) is 6.20 Å². The van der Waals surface area contributed by atoms with Crippen molar-refractivity contribution in [3.05, 3.63) is 59.5 Å². The van der Waals surface area contributed by atoms with Crippen molar-refractivity contribution in [2.24, 2.45) is 12.8 Å². The lowest BCUT2D eigenvalue weighted by Gasteiger charge is -2.11. The quantitative estimate of drug-likeness (QED) is 0.615. The van der Waals surface area contributed by atoms with Crippen LogP contribution in [-0.4, -0.2) is 25.7 Å². The number of nitrogens with two attached hydrogens (primary N) is 1. The minimum atomic E-state index is -0.633. The summed E-state index contributed by atoms with van der Waals surface area (Å²) in [6.07, 6.45) is 4.76. The fourth-order valence-electron chi connectivity index (χ4n) is 2.31. The Kier molecular flexibility index (Phi) is 4.76. The van der Waals surface area contributed by atoms with Crippen LogP contribution in [0.3, 0.4) is 0 Å². The van der Waals surface area contributed by atoms with Crippen molar-refractivity contribution in [2.45, 2.75) is 6.54 Å². The van der Waals surface area contributed by atoms with Gasteiger partial charge in [-0.05, 0) is 17.7 Å². The molecule has 26 heavy (non-hydrogen) atoms. The molecule has 0 fully saturated rings. The van der Waals surface area contributed by atoms with E-state index in [1.807, 2.05) is 6.07 Å². The Morgan fingerprint density at radius 1 is 1.38 bits per heavy atom. The number of carbonyl (C=O) groups excluding carboxylic acids is 1. The zero-order valence-corrected chi connectivity index (χ0v) is 14.0. The van der Waals surface area contributed by atoms with Crippen LogP contribution in [-0.2, 0) is 13.6 Å². The van der Waals surface area contributed by atoms with Crippen LogP contribution in [0.15, 0.2) is 42.9 Å². The van der Waals surface area contributed by atoms with E-state index in [-0.39, 0.29) is 5.56 Å². The minimum Gasteiger partial charge on any atom is -0.365 e. The molecule has 0 saturated carbocycles. The van der Waals surface area contributed by atoms with Crippen LogP contribution < -0.4 is 16.4 Å². The van der Waals surface area contributed by atoms with Crippen molar-refractivity contribution in [1.29, 1.82) is 5.26 Å². The summed E-state index contributed by atoms with van der Waals surface area (Å²) in [5, 5.41) is 19.1. The molecule has 130 valence electrons. The minimum absolute atomic E-state index is 0.179. The lowest BCUT2D eigenvalue weighted by molar-refractivity contribution is 0.100. The second-order valence-electron chi connectivity index (χ2n) is 5.51. The summed E-state index contributed by atoms with van der Waals surface area (Å²) >= 11 is 0. The summed E-state index contributed by atoms with van der Waals surface area (Å²) in [6, 6.07) is 9.23. The van der Waals surface area contributed by atoms with Crippen LogP contribution in [0.25, 0.3) is 0 Å². The van der Waals surface area contributed by atoms with E-state index in [4.69, 9.17) is 11.0 Å². The van der Waals surface area contributed by atoms with E-state index in [0.717, 1.165) is 5.56 Å². The van der Waals surface area contributed by atoms with Gasteiger partial charge in [0.25, 0.3) is 5.91 Å². The largest absolute Gasteiger partial charge is 0.365 e. The number of amides is 1. The number of nitrogens with one attached hydrogen (secondary N) is 2. The van der Waals surface area contributed by atoms with E-state index in [9.17, 15) is 4.79 Å². The molecule has 0 aliphatic heterocycles. The number of nitriles is 1. The molecule has 0 spiro atoms. The molecule has 9 nitrogen and oxygen atoms in total. The van der Waals surface area contributed by atoms with Crippen molar-refractivity contribution in [3.63, 3.8) is 0 Å². The number of hydrogen-bond donors (Lipinski definition) is 3. The first kappa shape index (κ1) is 16.9. The molecule has 2 heterocycles. The van der Waals surface area contributed by atoms with Crippen LogP contribution in [0, 0.1) is 11.3 Å². The number of carbonyl (C=O) groups is 1. The fourth-order valence-corrected chi connectivity index (χ4v) is 2.31. The van der Waals surface area contributed by atoms with Gasteiger partial charge in [0.15, 0.2) is 0 Å². The lowest BCUT2D eigenvalue weighted by Crippen LogP contribution is -2.17. The van der Waals surface area contributed by atoms with Gasteiger partial charge in [0.05, 0.1) is 29.1 Å². The second kappa shape index (κ2) is 7.31. The van der Waals surface area contributed by atoms with Crippen LogP contribution in [0.5, 0.6) is 0 Å². The Labute approximate surface area is 149 Å². The maximum absolute atomic E-state index is 11.6. The zero-order valence-electron chi connectivity index (χ0n) is 14.0. The molecule has 1 amide bonds. The van der Waals surface area contributed by atoms with Gasteiger partial charge in [0, 0.05) is 26.0 Å². The smallest absolute Gasteiger partial charge is 0.254 e. The predicted molar refractivity (Wildman–Crippen MR) is 95.5 cm³/mol. The third kappa shape index (κ3) is 3.93. The zero-order chi connectivity index (χ0) is 18.5. The van der Waals surface area contributed by atoms with Gasteiger partial charge in [-0.15, -0.1) is 0 Å². The molecule has 0 atom stereocenters. The summed E-state index contributed by atoms with van der Waals surface area (Å²) in [5.41, 5.74) is 7.72. The van der Waals surface area contributed by atoms with Crippen LogP contribution >= 0.6 is 0 Å². The first-order valence-electron chi connectivity index (χ1n) is 7.70. The van der Waals surface area contributed by atoms with Gasteiger partial charge in [-0.3, -0.25) is 9.48 Å². The average Bonchev–Trinajstić information content (AvgIpc) is 3.04. The third-order valence-corrected chi connectivity index (χ3v) is 3.53. The van der Waals surface area contributed by atoms with E-state index in [0.29, 0.717) is 29.6 Å². The van der Waals surface area contributed by atoms with Crippen LogP contribution in [0.4, 0.5) is 17.5 Å². The summed E-state index contributed by atoms with van der Waals surface area (Å²) in [5.74, 6) is -0.0243. The molecular formula is C17H16N8O. The second-order valence-corrected chi connectivity index (χ2v) is 5.51. The maximum atomic E-state index is 11.6. The van der Waals surface area contributed by atoms with Crippen molar-refractivity contribution < 1.29 is 4.79 Å². The Morgan fingerprint density at radius 3 is 2.92 bits per heavy atom. The summed E-state index contributed by atoms with van der Waals surface area (Å²) in [4.78, 5) is 20.1. The molecule has 0 aliphatic rings. The molecule has 2 aromatic heterocycles. The molecule has 0 bridgehead atoms. The average molecular weight is 348 g/mol. The van der Waals surface area contributed by atoms with Crippen LogP contribution in [0.2, 0.25) is 0 Å². The molecule has 1 aromatic carbocycles. The number of hydrogen-bond acceptors (Lipinski definition) is 7. The normalized spacial score (nSPS) is 10.2. The van der Waals surface area contributed by atoms with E-state index in [2.05, 4.69) is 31.8 Å². The van der Waals surface area contributed by atoms with Gasteiger partial charge < -0.3 is 16.4 Å². The number of benzene rings is 1. The first-order valence-corrected chi connectivity index (χ1v) is 7.70. The highest BCUT2D eigenvalue weighted by molar-refractivity contribution is 5.97. The standard InChI is InChI=1S/C17H16N8O/c1-25-10-13(8-22-25)23-17-21-9-14(15(19)26)16(24-17)20-7-12-4-2-3-11(5-12)6-18/h2-5,8-10H,7H2,1H3,(H2,19,26)(H2,20,21,23,24). The highest BCUT2D eigenvalue weighted by atomic mass is 16.1. The topological polar surface area (TPSA) is 135 Å². The number of aryl methyl sites for hydroxylation is 1. The fraction of sp³-hybridized carbons (Fsp3) is 0.118. The van der Waals surface area contributed by atoms with Crippen molar-refractivity contribution in [1.82, 2.24) is 19.7 Å². The molecule has 0 saturated heterocycles. The molecule has 4 N–H and O–H groups in total. The number of aromatic nitrogens is 4. The Balaban J connectivity index is 1.82. The SMILES string of the molecule is Cn1cc(Nc2ncc(C(N)=O)c(NCc3cccc(C#N)c3)n2)cn1. The van der Waals surface area contributed by atoms with Gasteiger partial charge in [-0.2, -0.15) is 15.3 Å². The van der Waals surface area contributed by atoms with Crippen molar-refractivity contribution in [2.75, 3.05) is 10.6 Å². The first-order chi connectivity index (χ1) is 12.5. The summed E-state index contributed by atoms with van der Waals surface area (Å²) in [7, 11) is 1.80. The van der Waals surface area contributed by atoms with Gasteiger partial charge in [0.2, 0.25) is 5.95 Å². The van der Waals surface area contributed by atoms with E-state index >= 15 is 0 Å². The van der Waals surface area contributed by atoms with Gasteiger partial charge in [-0.25, -0.2) is 4.98 Å². The predicted octanol–water partition coefficient (Wildman–Crippen LogP) is 1.54. The molecule has 3 rings (SSSR count). The van der Waals surface area contributed by atoms with Crippen LogP contribution in [0.1, 0.15) is 21.5 Å². The highest BCUT2D eigenvalue weighted by Gasteiger charge is 2.12. The third-order valence-electron chi connectivity index (χ3n) is 3.53. The number of rotatable bonds is 6. The van der Waals surface area contributed by atoms with Gasteiger partial charge >= 0.3 is 0 Å². The molecule has 3 aromatic rings. The molecule has 0 unspecified atom stereocenters. The van der Waals surface area contributed by atoms with Gasteiger partial charge in [-0.1, -0.05) is 12.1 Å². The number of nitrogens with zero attached hydrogens (tertiary/aromatic N) is 5. The van der Waals surface area contributed by atoms with Crippen molar-refractivity contribution in [3.8, 4) is 6.07 Å². The van der Waals surface area contributed by atoms with E-state index in [1.54, 1.807) is 42.3 Å². The summed E-state index contributed by atoms with van der Waals surface area (Å²) in [6.45, 7) is 0.374. The number of anilines is 3. The Morgan fingerprint density at radius 2 is 2.23 bits per heavy atom. The number of primary amides is 1. The highest BCUT2D eigenvalue weighted by Crippen LogP contribution is 2.18. The molecule has 0 radical (unpaired) electrons. The van der Waals surface area contributed by atoms with Gasteiger partial charge in [0.1, 0.15) is 5.82 Å². The van der Waals surface area contributed by atoms with E-state index < -0.39 is 5.91 Å². The van der Waals surface area contributed by atoms with Crippen molar-refractivity contribution >= 4 is 23.4 Å². The molecule has 9 heteroatoms. The molecular weight excluding hydrogens is 332 g/mol.